The summed E-state index contributed by atoms with van der Waals surface area (Å²) in [6, 6.07) is 0. The Balaban J connectivity index is 2.68. The number of hydrogen-bond donors (Lipinski definition) is 8. The maximum Gasteiger partial charge on any atom is 0.472 e. The Labute approximate surface area is 380 Å². The number of aliphatic hydroxyl groups is 5. The molecular formula is C45H78O17P2. The van der Waals surface area contributed by atoms with Crippen LogP contribution in [0.5, 0.6) is 0 Å². The smallest absolute Gasteiger partial charge is 0.462 e. The zero-order valence-electron chi connectivity index (χ0n) is 37.8. The number of aliphatic hydroxyl groups excluding tert-OH is 5. The van der Waals surface area contributed by atoms with Gasteiger partial charge in [-0.25, -0.2) is 9.13 Å². The third-order valence-electron chi connectivity index (χ3n) is 10.1. The second-order valence-electron chi connectivity index (χ2n) is 16.0. The molecule has 9 atom stereocenters. The third kappa shape index (κ3) is 30.0. The molecule has 5 unspecified atom stereocenters. The quantitative estimate of drug-likeness (QED) is 0.0100. The van der Waals surface area contributed by atoms with Crippen LogP contribution in [-0.2, 0) is 41.8 Å². The molecule has 1 aliphatic rings. The number of carbonyl (C=O) groups is 2. The van der Waals surface area contributed by atoms with Crippen LogP contribution < -0.4 is 0 Å². The van der Waals surface area contributed by atoms with Crippen molar-refractivity contribution in [2.45, 2.75) is 198 Å². The fourth-order valence-electron chi connectivity index (χ4n) is 6.51. The predicted molar refractivity (Wildman–Crippen MR) is 242 cm³/mol. The zero-order chi connectivity index (χ0) is 47.6. The van der Waals surface area contributed by atoms with Gasteiger partial charge < -0.3 is 49.7 Å². The highest BCUT2D eigenvalue weighted by molar-refractivity contribution is 7.47. The van der Waals surface area contributed by atoms with Crippen LogP contribution in [0.2, 0.25) is 0 Å². The van der Waals surface area contributed by atoms with E-state index < -0.39 is 89.6 Å². The molecule has 8 N–H and O–H groups in total. The first-order valence-electron chi connectivity index (χ1n) is 22.9. The van der Waals surface area contributed by atoms with Crippen molar-refractivity contribution in [3.8, 4) is 0 Å². The molecule has 1 saturated carbocycles. The monoisotopic (exact) mass is 952 g/mol. The molecule has 1 aliphatic carbocycles. The van der Waals surface area contributed by atoms with Crippen molar-refractivity contribution < 1.29 is 82.0 Å². The first kappa shape index (κ1) is 59.7. The molecule has 0 aliphatic heterocycles. The number of unbranched alkanes of at least 4 members (excludes halogenated alkanes) is 13. The summed E-state index contributed by atoms with van der Waals surface area (Å²) in [5.41, 5.74) is 0. The van der Waals surface area contributed by atoms with Gasteiger partial charge in [-0.1, -0.05) is 126 Å². The van der Waals surface area contributed by atoms with Crippen molar-refractivity contribution in [2.24, 2.45) is 0 Å². The highest BCUT2D eigenvalue weighted by Gasteiger charge is 2.54. The Morgan fingerprint density at radius 3 is 1.77 bits per heavy atom. The first-order valence-corrected chi connectivity index (χ1v) is 26.0. The maximum atomic E-state index is 13.0. The largest absolute Gasteiger partial charge is 0.472 e. The van der Waals surface area contributed by atoms with Gasteiger partial charge in [-0.15, -0.1) is 0 Å². The third-order valence-corrected chi connectivity index (χ3v) is 11.6. The van der Waals surface area contributed by atoms with E-state index in [0.717, 1.165) is 51.4 Å². The number of carbonyl (C=O) groups excluding carboxylic acids is 2. The number of phosphoric ester groups is 2. The number of allylic oxidation sites excluding steroid dienone is 8. The van der Waals surface area contributed by atoms with Crippen molar-refractivity contribution in [3.63, 3.8) is 0 Å². The minimum atomic E-state index is -5.38. The van der Waals surface area contributed by atoms with E-state index in [1.54, 1.807) is 12.2 Å². The molecule has 17 nitrogen and oxygen atoms in total. The van der Waals surface area contributed by atoms with E-state index in [9.17, 15) is 49.1 Å². The first-order chi connectivity index (χ1) is 30.5. The minimum absolute atomic E-state index is 0.00758. The fraction of sp³-hybridized carbons (Fsp3) is 0.733. The summed E-state index contributed by atoms with van der Waals surface area (Å²) in [6.45, 7) is 2.92. The average Bonchev–Trinajstić information content (AvgIpc) is 3.24. The van der Waals surface area contributed by atoms with Crippen LogP contribution in [0.4, 0.5) is 0 Å². The summed E-state index contributed by atoms with van der Waals surface area (Å²) in [7, 11) is -10.7. The van der Waals surface area contributed by atoms with E-state index in [1.165, 1.54) is 38.5 Å². The molecule has 0 radical (unpaired) electrons. The van der Waals surface area contributed by atoms with Gasteiger partial charge in [0.15, 0.2) is 6.10 Å². The predicted octanol–water partition coefficient (Wildman–Crippen LogP) is 7.25. The molecule has 64 heavy (non-hydrogen) atoms. The summed E-state index contributed by atoms with van der Waals surface area (Å²) >= 11 is 0. The highest BCUT2D eigenvalue weighted by atomic mass is 31.2. The van der Waals surface area contributed by atoms with Crippen molar-refractivity contribution in [1.82, 2.24) is 0 Å². The highest BCUT2D eigenvalue weighted by Crippen LogP contribution is 2.49. The van der Waals surface area contributed by atoms with Crippen LogP contribution in [-0.4, -0.2) is 114 Å². The Morgan fingerprint density at radius 2 is 1.11 bits per heavy atom. The molecule has 1 rings (SSSR count). The molecule has 0 aromatic carbocycles. The van der Waals surface area contributed by atoms with Crippen molar-refractivity contribution in [3.05, 3.63) is 60.8 Å². The Bertz CT molecular complexity index is 1490. The molecule has 0 saturated heterocycles. The van der Waals surface area contributed by atoms with Crippen LogP contribution in [0.1, 0.15) is 149 Å². The number of rotatable bonds is 37. The van der Waals surface area contributed by atoms with Gasteiger partial charge in [0.05, 0.1) is 12.7 Å². The second-order valence-corrected chi connectivity index (χ2v) is 18.6. The van der Waals surface area contributed by atoms with E-state index >= 15 is 0 Å². The molecule has 0 spiro atoms. The number of esters is 2. The summed E-state index contributed by atoms with van der Waals surface area (Å²) in [5, 5.41) is 51.2. The van der Waals surface area contributed by atoms with Gasteiger partial charge in [0.2, 0.25) is 0 Å². The van der Waals surface area contributed by atoms with E-state index in [2.05, 4.69) is 36.6 Å². The van der Waals surface area contributed by atoms with Gasteiger partial charge in [0.1, 0.15) is 43.2 Å². The summed E-state index contributed by atoms with van der Waals surface area (Å²) in [6.07, 6.45) is 22.2. The normalized spacial score (nSPS) is 22.8. The standard InChI is InChI=1S/C45H78O17P2/c1-3-5-7-9-11-12-13-14-15-16-21-25-29-33-39(48)60-37(35-59-64(56,57)62-45-42(51)40(49)41(50)44(43(45)52)61-63(53,54)55)34-58-38(47)32-28-24-20-18-17-19-23-27-31-36(46)30-26-22-10-8-6-4-2/h12-13,18-20,22-23,26-27,31,36-37,40-46,49-52H,3-11,14-17,21,24-25,28-30,32-35H2,1-2H3,(H,56,57)(H2,53,54,55)/b13-12-,20-18-,23-19-,26-22-,31-27+/t36-,37-,40?,41?,42?,43?,44-,45+/m1/s1. The van der Waals surface area contributed by atoms with Crippen LogP contribution in [0, 0.1) is 0 Å². The van der Waals surface area contributed by atoms with Gasteiger partial charge in [-0.2, -0.15) is 0 Å². The lowest BCUT2D eigenvalue weighted by molar-refractivity contribution is -0.216. The molecule has 19 heteroatoms. The molecule has 0 heterocycles. The van der Waals surface area contributed by atoms with Crippen molar-refractivity contribution >= 4 is 27.6 Å². The van der Waals surface area contributed by atoms with E-state index in [1.807, 2.05) is 30.4 Å². The van der Waals surface area contributed by atoms with E-state index in [4.69, 9.17) is 28.3 Å². The Morgan fingerprint density at radius 1 is 0.578 bits per heavy atom. The van der Waals surface area contributed by atoms with Crippen LogP contribution in [0.25, 0.3) is 0 Å². The molecule has 0 aromatic rings. The van der Waals surface area contributed by atoms with Gasteiger partial charge in [0.25, 0.3) is 0 Å². The van der Waals surface area contributed by atoms with Crippen molar-refractivity contribution in [2.75, 3.05) is 13.2 Å². The number of hydrogen-bond acceptors (Lipinski definition) is 14. The molecule has 370 valence electrons. The van der Waals surface area contributed by atoms with Crippen LogP contribution in [0.15, 0.2) is 60.8 Å². The molecule has 0 amide bonds. The average molecular weight is 953 g/mol. The summed E-state index contributed by atoms with van der Waals surface area (Å²) in [5.74, 6) is -1.33. The lowest BCUT2D eigenvalue weighted by Crippen LogP contribution is -2.64. The minimum Gasteiger partial charge on any atom is -0.462 e. The second kappa shape index (κ2) is 35.8. The Hall–Kier alpha value is -2.34. The Kier molecular flexibility index (Phi) is 33.4. The molecule has 0 bridgehead atoms. The van der Waals surface area contributed by atoms with Crippen LogP contribution >= 0.6 is 15.6 Å². The number of ether oxygens (including phenoxy) is 2. The summed E-state index contributed by atoms with van der Waals surface area (Å²) in [4.78, 5) is 54.2. The van der Waals surface area contributed by atoms with E-state index in [0.29, 0.717) is 32.1 Å². The SMILES string of the molecule is CCCCC/C=C\C[C@@H](O)/C=C/C=C\C/C=C\CCCC(=O)OC[C@H](COP(=O)(O)O[C@H]1C(O)C(O)C(O)[C@@H](OP(=O)(O)O)C1O)OC(=O)CCCCCCC/C=C\CCCCCC. The molecule has 0 aromatic heterocycles. The van der Waals surface area contributed by atoms with Gasteiger partial charge >= 0.3 is 27.6 Å². The fourth-order valence-corrected chi connectivity index (χ4v) is 8.05. The van der Waals surface area contributed by atoms with Crippen molar-refractivity contribution in [1.29, 1.82) is 0 Å². The van der Waals surface area contributed by atoms with Gasteiger partial charge in [0, 0.05) is 12.8 Å². The van der Waals surface area contributed by atoms with Crippen LogP contribution in [0.3, 0.4) is 0 Å². The van der Waals surface area contributed by atoms with Gasteiger partial charge in [-0.3, -0.25) is 23.2 Å². The van der Waals surface area contributed by atoms with Gasteiger partial charge in [-0.05, 0) is 70.6 Å². The lowest BCUT2D eigenvalue weighted by atomic mass is 9.85. The zero-order valence-corrected chi connectivity index (χ0v) is 39.6. The lowest BCUT2D eigenvalue weighted by Gasteiger charge is -2.43. The molecule has 1 fully saturated rings. The topological polar surface area (TPSA) is 276 Å². The summed E-state index contributed by atoms with van der Waals surface area (Å²) < 4.78 is 49.2. The number of phosphoric acid groups is 2. The molecular weight excluding hydrogens is 874 g/mol. The maximum absolute atomic E-state index is 13.0. The van der Waals surface area contributed by atoms with E-state index in [-0.39, 0.29) is 12.8 Å².